The minimum absolute atomic E-state index is 0.752. The van der Waals surface area contributed by atoms with Crippen molar-refractivity contribution in [2.24, 2.45) is 0 Å². The van der Waals surface area contributed by atoms with Crippen LogP contribution in [0.1, 0.15) is 5.56 Å². The molecule has 24 heavy (non-hydrogen) atoms. The maximum atomic E-state index is 5.22. The van der Waals surface area contributed by atoms with Crippen molar-refractivity contribution < 1.29 is 4.74 Å². The highest BCUT2D eigenvalue weighted by Gasteiger charge is 2.08. The first kappa shape index (κ1) is 14.5. The molecule has 1 aromatic heterocycles. The summed E-state index contributed by atoms with van der Waals surface area (Å²) in [7, 11) is 1.68. The highest BCUT2D eigenvalue weighted by molar-refractivity contribution is 6.07. The third-order valence-corrected chi connectivity index (χ3v) is 4.22. The molecular weight excluding hydrogens is 296 g/mol. The van der Waals surface area contributed by atoms with Crippen molar-refractivity contribution in [3.8, 4) is 5.75 Å². The first-order chi connectivity index (χ1) is 11.8. The maximum Gasteiger partial charge on any atom is 0.118 e. The summed E-state index contributed by atoms with van der Waals surface area (Å²) in [4.78, 5) is 4.76. The SMILES string of the molecule is COc1ccc(CNc2c3ccccc3nc3ccccc23)cc1. The molecule has 118 valence electrons. The van der Waals surface area contributed by atoms with Crippen molar-refractivity contribution in [2.45, 2.75) is 6.54 Å². The van der Waals surface area contributed by atoms with Gasteiger partial charge in [-0.15, -0.1) is 0 Å². The van der Waals surface area contributed by atoms with Crippen LogP contribution < -0.4 is 10.1 Å². The van der Waals surface area contributed by atoms with Crippen molar-refractivity contribution in [1.82, 2.24) is 4.98 Å². The largest absolute Gasteiger partial charge is 0.497 e. The van der Waals surface area contributed by atoms with Crippen LogP contribution in [0.25, 0.3) is 21.8 Å². The molecule has 0 fully saturated rings. The number of methoxy groups -OCH3 is 1. The molecule has 0 saturated heterocycles. The second-order valence-electron chi connectivity index (χ2n) is 5.72. The summed E-state index contributed by atoms with van der Waals surface area (Å²) in [6.07, 6.45) is 0. The average molecular weight is 314 g/mol. The van der Waals surface area contributed by atoms with Gasteiger partial charge in [0.25, 0.3) is 0 Å². The summed E-state index contributed by atoms with van der Waals surface area (Å²) in [5, 5.41) is 5.89. The molecule has 1 N–H and O–H groups in total. The Morgan fingerprint density at radius 2 is 1.38 bits per heavy atom. The number of benzene rings is 3. The molecule has 3 nitrogen and oxygen atoms in total. The minimum atomic E-state index is 0.752. The van der Waals surface area contributed by atoms with Crippen molar-refractivity contribution in [1.29, 1.82) is 0 Å². The van der Waals surface area contributed by atoms with Gasteiger partial charge in [0.2, 0.25) is 0 Å². The number of nitrogens with zero attached hydrogens (tertiary/aromatic N) is 1. The van der Waals surface area contributed by atoms with E-state index in [-0.39, 0.29) is 0 Å². The molecule has 4 aromatic rings. The number of fused-ring (bicyclic) bond motifs is 2. The van der Waals surface area contributed by atoms with Crippen LogP contribution in [0.5, 0.6) is 5.75 Å². The van der Waals surface area contributed by atoms with E-state index in [1.54, 1.807) is 7.11 Å². The third kappa shape index (κ3) is 2.65. The number of rotatable bonds is 4. The summed E-state index contributed by atoms with van der Waals surface area (Å²) >= 11 is 0. The van der Waals surface area contributed by atoms with Crippen LogP contribution in [-0.2, 0) is 6.54 Å². The molecule has 0 unspecified atom stereocenters. The predicted octanol–water partition coefficient (Wildman–Crippen LogP) is 5.01. The minimum Gasteiger partial charge on any atom is -0.497 e. The van der Waals surface area contributed by atoms with Gasteiger partial charge in [0.05, 0.1) is 23.8 Å². The number of para-hydroxylation sites is 2. The molecule has 0 aliphatic rings. The third-order valence-electron chi connectivity index (χ3n) is 4.22. The lowest BCUT2D eigenvalue weighted by Gasteiger charge is -2.13. The number of anilines is 1. The van der Waals surface area contributed by atoms with E-state index in [0.29, 0.717) is 0 Å². The molecule has 0 spiro atoms. The van der Waals surface area contributed by atoms with Gasteiger partial charge in [0, 0.05) is 17.3 Å². The van der Waals surface area contributed by atoms with Gasteiger partial charge in [-0.25, -0.2) is 4.98 Å². The molecule has 1 heterocycles. The Morgan fingerprint density at radius 3 is 1.96 bits per heavy atom. The molecule has 0 aliphatic heterocycles. The maximum absolute atomic E-state index is 5.22. The van der Waals surface area contributed by atoms with E-state index in [2.05, 4.69) is 53.8 Å². The first-order valence-electron chi connectivity index (χ1n) is 7.99. The fourth-order valence-electron chi connectivity index (χ4n) is 2.96. The lowest BCUT2D eigenvalue weighted by atomic mass is 10.1. The smallest absolute Gasteiger partial charge is 0.118 e. The van der Waals surface area contributed by atoms with Gasteiger partial charge in [-0.2, -0.15) is 0 Å². The molecule has 0 atom stereocenters. The molecule has 0 radical (unpaired) electrons. The topological polar surface area (TPSA) is 34.1 Å². The van der Waals surface area contributed by atoms with Crippen molar-refractivity contribution in [3.63, 3.8) is 0 Å². The van der Waals surface area contributed by atoms with Crippen molar-refractivity contribution >= 4 is 27.5 Å². The van der Waals surface area contributed by atoms with Gasteiger partial charge >= 0.3 is 0 Å². The van der Waals surface area contributed by atoms with E-state index in [1.165, 1.54) is 5.56 Å². The van der Waals surface area contributed by atoms with Gasteiger partial charge in [-0.05, 0) is 29.8 Å². The molecule has 0 aliphatic carbocycles. The van der Waals surface area contributed by atoms with E-state index in [4.69, 9.17) is 9.72 Å². The van der Waals surface area contributed by atoms with Gasteiger partial charge < -0.3 is 10.1 Å². The van der Waals surface area contributed by atoms with Crippen molar-refractivity contribution in [2.75, 3.05) is 12.4 Å². The van der Waals surface area contributed by atoms with Crippen LogP contribution in [0.15, 0.2) is 72.8 Å². The second kappa shape index (κ2) is 6.20. The zero-order valence-electron chi connectivity index (χ0n) is 13.5. The van der Waals surface area contributed by atoms with E-state index in [1.807, 2.05) is 24.3 Å². The second-order valence-corrected chi connectivity index (χ2v) is 5.72. The Labute approximate surface area is 140 Å². The number of hydrogen-bond donors (Lipinski definition) is 1. The molecule has 0 saturated carbocycles. The van der Waals surface area contributed by atoms with E-state index < -0.39 is 0 Å². The monoisotopic (exact) mass is 314 g/mol. The summed E-state index contributed by atoms with van der Waals surface area (Å²) in [6.45, 7) is 0.752. The molecular formula is C21H18N2O. The summed E-state index contributed by atoms with van der Waals surface area (Å²) < 4.78 is 5.22. The predicted molar refractivity (Wildman–Crippen MR) is 99.6 cm³/mol. The molecule has 0 bridgehead atoms. The summed E-state index contributed by atoms with van der Waals surface area (Å²) in [5.41, 5.74) is 4.36. The number of ether oxygens (including phenoxy) is 1. The number of pyridine rings is 1. The first-order valence-corrected chi connectivity index (χ1v) is 7.99. The normalized spacial score (nSPS) is 10.9. The van der Waals surface area contributed by atoms with Crippen LogP contribution in [0.2, 0.25) is 0 Å². The Bertz CT molecular complexity index is 939. The summed E-state index contributed by atoms with van der Waals surface area (Å²) in [6, 6.07) is 24.6. The average Bonchev–Trinajstić information content (AvgIpc) is 2.65. The zero-order chi connectivity index (χ0) is 16.4. The van der Waals surface area contributed by atoms with Gasteiger partial charge in [-0.1, -0.05) is 48.5 Å². The number of hydrogen-bond acceptors (Lipinski definition) is 3. The summed E-state index contributed by atoms with van der Waals surface area (Å²) in [5.74, 6) is 0.874. The number of nitrogens with one attached hydrogen (secondary N) is 1. The highest BCUT2D eigenvalue weighted by Crippen LogP contribution is 2.31. The van der Waals surface area contributed by atoms with Gasteiger partial charge in [-0.3, -0.25) is 0 Å². The van der Waals surface area contributed by atoms with Gasteiger partial charge in [0.1, 0.15) is 5.75 Å². The Kier molecular flexibility index (Phi) is 3.75. The van der Waals surface area contributed by atoms with E-state index in [0.717, 1.165) is 39.8 Å². The van der Waals surface area contributed by atoms with Crippen LogP contribution in [0.3, 0.4) is 0 Å². The fourth-order valence-corrected chi connectivity index (χ4v) is 2.96. The van der Waals surface area contributed by atoms with Crippen LogP contribution in [0.4, 0.5) is 5.69 Å². The quantitative estimate of drug-likeness (QED) is 0.538. The Morgan fingerprint density at radius 1 is 0.792 bits per heavy atom. The fraction of sp³-hybridized carbons (Fsp3) is 0.0952. The van der Waals surface area contributed by atoms with Crippen molar-refractivity contribution in [3.05, 3.63) is 78.4 Å². The standard InChI is InChI=1S/C21H18N2O/c1-24-16-12-10-15(11-13-16)14-22-21-17-6-2-4-8-19(17)23-20-9-5-3-7-18(20)21/h2-13H,14H2,1H3,(H,22,23). The van der Waals surface area contributed by atoms with Crippen LogP contribution >= 0.6 is 0 Å². The lowest BCUT2D eigenvalue weighted by molar-refractivity contribution is 0.414. The molecule has 3 aromatic carbocycles. The molecule has 4 rings (SSSR count). The van der Waals surface area contributed by atoms with E-state index in [9.17, 15) is 0 Å². The molecule has 0 amide bonds. The van der Waals surface area contributed by atoms with E-state index >= 15 is 0 Å². The highest BCUT2D eigenvalue weighted by atomic mass is 16.5. The Balaban J connectivity index is 1.75. The molecule has 3 heteroatoms. The van der Waals surface area contributed by atoms with Gasteiger partial charge in [0.15, 0.2) is 0 Å². The zero-order valence-corrected chi connectivity index (χ0v) is 13.5. The Hall–Kier alpha value is -3.07. The number of aromatic nitrogens is 1. The van der Waals surface area contributed by atoms with Crippen LogP contribution in [0, 0.1) is 0 Å². The lowest BCUT2D eigenvalue weighted by Crippen LogP contribution is -2.01. The van der Waals surface area contributed by atoms with Crippen LogP contribution in [-0.4, -0.2) is 12.1 Å².